The van der Waals surface area contributed by atoms with Gasteiger partial charge >= 0.3 is 0 Å². The van der Waals surface area contributed by atoms with E-state index in [9.17, 15) is 10.2 Å². The van der Waals surface area contributed by atoms with E-state index < -0.39 is 0 Å². The minimum absolute atomic E-state index is 0.128. The van der Waals surface area contributed by atoms with Crippen molar-refractivity contribution in [2.24, 2.45) is 0 Å². The van der Waals surface area contributed by atoms with E-state index in [0.29, 0.717) is 5.56 Å². The van der Waals surface area contributed by atoms with Crippen LogP contribution in [-0.4, -0.2) is 10.2 Å². The molecule has 0 aliphatic heterocycles. The lowest BCUT2D eigenvalue weighted by Crippen LogP contribution is -1.90. The van der Waals surface area contributed by atoms with Crippen molar-refractivity contribution in [3.8, 4) is 22.6 Å². The maximum Gasteiger partial charge on any atom is 0.130 e. The molecule has 0 bridgehead atoms. The molecule has 2 rings (SSSR count). The first-order valence-corrected chi connectivity index (χ1v) is 6.83. The number of rotatable bonds is 5. The monoisotopic (exact) mass is 256 g/mol. The third kappa shape index (κ3) is 3.08. The van der Waals surface area contributed by atoms with Crippen LogP contribution >= 0.6 is 0 Å². The number of phenolic OH excluding ortho intramolecular Hbond substituents is 2. The average Bonchev–Trinajstić information content (AvgIpc) is 2.43. The van der Waals surface area contributed by atoms with Crippen molar-refractivity contribution in [2.75, 3.05) is 0 Å². The summed E-state index contributed by atoms with van der Waals surface area (Å²) >= 11 is 0. The number of hydrogen-bond acceptors (Lipinski definition) is 2. The minimum atomic E-state index is 0.128. The first kappa shape index (κ1) is 13.5. The van der Waals surface area contributed by atoms with Crippen LogP contribution in [0, 0.1) is 0 Å². The molecule has 0 heterocycles. The third-order valence-corrected chi connectivity index (χ3v) is 3.35. The van der Waals surface area contributed by atoms with E-state index in [0.717, 1.165) is 36.8 Å². The molecule has 100 valence electrons. The van der Waals surface area contributed by atoms with Crippen LogP contribution in [0.25, 0.3) is 11.1 Å². The summed E-state index contributed by atoms with van der Waals surface area (Å²) in [6, 6.07) is 13.0. The molecule has 0 saturated heterocycles. The molecule has 0 fully saturated rings. The second kappa shape index (κ2) is 6.28. The summed E-state index contributed by atoms with van der Waals surface area (Å²) in [6.07, 6.45) is 4.22. The predicted octanol–water partition coefficient (Wildman–Crippen LogP) is 4.50. The Labute approximate surface area is 114 Å². The van der Waals surface area contributed by atoms with Gasteiger partial charge in [-0.15, -0.1) is 0 Å². The molecule has 19 heavy (non-hydrogen) atoms. The van der Waals surface area contributed by atoms with Crippen LogP contribution in [0.1, 0.15) is 31.7 Å². The lowest BCUT2D eigenvalue weighted by Gasteiger charge is -2.12. The molecule has 2 heteroatoms. The van der Waals surface area contributed by atoms with Crippen molar-refractivity contribution in [3.05, 3.63) is 48.0 Å². The molecule has 2 aromatic carbocycles. The second-order valence-corrected chi connectivity index (χ2v) is 4.79. The highest BCUT2D eigenvalue weighted by molar-refractivity contribution is 5.77. The summed E-state index contributed by atoms with van der Waals surface area (Å²) in [5.74, 6) is 0.338. The molecule has 0 saturated carbocycles. The summed E-state index contributed by atoms with van der Waals surface area (Å²) in [6.45, 7) is 2.16. The maximum absolute atomic E-state index is 10.4. The first-order valence-electron chi connectivity index (χ1n) is 6.83. The van der Waals surface area contributed by atoms with Gasteiger partial charge in [0, 0.05) is 0 Å². The lowest BCUT2D eigenvalue weighted by atomic mass is 9.97. The summed E-state index contributed by atoms with van der Waals surface area (Å²) in [7, 11) is 0. The number of hydrogen-bond donors (Lipinski definition) is 2. The van der Waals surface area contributed by atoms with E-state index in [2.05, 4.69) is 6.92 Å². The largest absolute Gasteiger partial charge is 0.507 e. The first-order chi connectivity index (χ1) is 9.24. The van der Waals surface area contributed by atoms with Gasteiger partial charge in [-0.25, -0.2) is 0 Å². The van der Waals surface area contributed by atoms with Crippen LogP contribution < -0.4 is 0 Å². The molecule has 0 radical (unpaired) electrons. The van der Waals surface area contributed by atoms with E-state index in [4.69, 9.17) is 0 Å². The van der Waals surface area contributed by atoms with Crippen molar-refractivity contribution in [3.63, 3.8) is 0 Å². The van der Waals surface area contributed by atoms with Gasteiger partial charge in [-0.1, -0.05) is 56.2 Å². The number of phenols is 2. The summed E-state index contributed by atoms with van der Waals surface area (Å²) < 4.78 is 0. The van der Waals surface area contributed by atoms with Gasteiger partial charge in [-0.05, 0) is 30.0 Å². The van der Waals surface area contributed by atoms with E-state index in [1.807, 2.05) is 36.4 Å². The highest BCUT2D eigenvalue weighted by atomic mass is 16.3. The summed E-state index contributed by atoms with van der Waals surface area (Å²) in [4.78, 5) is 0. The zero-order valence-electron chi connectivity index (χ0n) is 11.3. The Bertz CT molecular complexity index is 532. The number of aromatic hydroxyl groups is 2. The fourth-order valence-corrected chi connectivity index (χ4v) is 2.28. The molecule has 0 amide bonds. The van der Waals surface area contributed by atoms with Crippen LogP contribution in [0.4, 0.5) is 0 Å². The van der Waals surface area contributed by atoms with Crippen LogP contribution in [0.3, 0.4) is 0 Å². The highest BCUT2D eigenvalue weighted by Gasteiger charge is 2.13. The van der Waals surface area contributed by atoms with E-state index in [1.54, 1.807) is 6.07 Å². The van der Waals surface area contributed by atoms with Crippen LogP contribution in [0.2, 0.25) is 0 Å². The van der Waals surface area contributed by atoms with E-state index in [-0.39, 0.29) is 11.5 Å². The minimum Gasteiger partial charge on any atom is -0.507 e. The molecule has 0 unspecified atom stereocenters. The molecule has 0 spiro atoms. The Morgan fingerprint density at radius 2 is 1.63 bits per heavy atom. The topological polar surface area (TPSA) is 40.5 Å². The zero-order valence-corrected chi connectivity index (χ0v) is 11.3. The molecule has 0 atom stereocenters. The number of unbranched alkanes of at least 4 members (excludes halogenated alkanes) is 2. The molecule has 2 N–H and O–H groups in total. The van der Waals surface area contributed by atoms with E-state index >= 15 is 0 Å². The average molecular weight is 256 g/mol. The Morgan fingerprint density at radius 3 is 2.32 bits per heavy atom. The van der Waals surface area contributed by atoms with Crippen LogP contribution in [-0.2, 0) is 6.42 Å². The van der Waals surface area contributed by atoms with Gasteiger partial charge in [0.15, 0.2) is 0 Å². The second-order valence-electron chi connectivity index (χ2n) is 4.79. The van der Waals surface area contributed by atoms with Gasteiger partial charge in [-0.2, -0.15) is 0 Å². The lowest BCUT2D eigenvalue weighted by molar-refractivity contribution is 0.448. The zero-order chi connectivity index (χ0) is 13.7. The van der Waals surface area contributed by atoms with Crippen LogP contribution in [0.15, 0.2) is 42.5 Å². The molecule has 2 aromatic rings. The Kier molecular flexibility index (Phi) is 4.45. The fourth-order valence-electron chi connectivity index (χ4n) is 2.28. The van der Waals surface area contributed by atoms with Gasteiger partial charge in [-0.3, -0.25) is 0 Å². The summed E-state index contributed by atoms with van der Waals surface area (Å²) in [5.41, 5.74) is 2.29. The summed E-state index contributed by atoms with van der Waals surface area (Å²) in [5, 5.41) is 20.3. The molecule has 0 aromatic heterocycles. The van der Waals surface area contributed by atoms with Crippen molar-refractivity contribution < 1.29 is 10.2 Å². The third-order valence-electron chi connectivity index (χ3n) is 3.35. The normalized spacial score (nSPS) is 10.6. The molecular formula is C17H20O2. The Hall–Kier alpha value is -1.96. The molecule has 2 nitrogen and oxygen atoms in total. The van der Waals surface area contributed by atoms with Crippen molar-refractivity contribution in [1.29, 1.82) is 0 Å². The number of benzene rings is 2. The van der Waals surface area contributed by atoms with Gasteiger partial charge in [0.2, 0.25) is 0 Å². The fraction of sp³-hybridized carbons (Fsp3) is 0.294. The highest BCUT2D eigenvalue weighted by Crippen LogP contribution is 2.39. The van der Waals surface area contributed by atoms with E-state index in [1.165, 1.54) is 0 Å². The predicted molar refractivity (Wildman–Crippen MR) is 78.4 cm³/mol. The number of aryl methyl sites for hydroxylation is 1. The Morgan fingerprint density at radius 1 is 0.895 bits per heavy atom. The Balaban J connectivity index is 2.35. The van der Waals surface area contributed by atoms with Crippen molar-refractivity contribution in [2.45, 2.75) is 32.6 Å². The smallest absolute Gasteiger partial charge is 0.130 e. The van der Waals surface area contributed by atoms with Crippen molar-refractivity contribution in [1.82, 2.24) is 0 Å². The van der Waals surface area contributed by atoms with Crippen molar-refractivity contribution >= 4 is 0 Å². The maximum atomic E-state index is 10.4. The van der Waals surface area contributed by atoms with Gasteiger partial charge in [0.25, 0.3) is 0 Å². The SMILES string of the molecule is CCCCCc1ccc(O)c(-c2ccccc2)c1O. The van der Waals surface area contributed by atoms with Gasteiger partial charge in [0.1, 0.15) is 11.5 Å². The molecule has 0 aliphatic rings. The van der Waals surface area contributed by atoms with Crippen LogP contribution in [0.5, 0.6) is 11.5 Å². The van der Waals surface area contributed by atoms with Gasteiger partial charge < -0.3 is 10.2 Å². The quantitative estimate of drug-likeness (QED) is 0.773. The molecular weight excluding hydrogens is 236 g/mol. The molecule has 0 aliphatic carbocycles. The standard InChI is InChI=1S/C17H20O2/c1-2-3-5-10-14-11-12-15(18)16(17(14)19)13-8-6-4-7-9-13/h4,6-9,11-12,18-19H,2-3,5,10H2,1H3. The van der Waals surface area contributed by atoms with Gasteiger partial charge in [0.05, 0.1) is 5.56 Å².